The molecule has 2 rings (SSSR count). The van der Waals surface area contributed by atoms with Crippen LogP contribution in [0, 0.1) is 10.1 Å². The minimum Gasteiger partial charge on any atom is -0.384 e. The average molecular weight is 238 g/mol. The van der Waals surface area contributed by atoms with Crippen molar-refractivity contribution >= 4 is 17.3 Å². The molecular formula is C10H14N4O3. The second kappa shape index (κ2) is 4.96. The van der Waals surface area contributed by atoms with Gasteiger partial charge in [0, 0.05) is 25.8 Å². The van der Waals surface area contributed by atoms with Crippen molar-refractivity contribution in [2.45, 2.75) is 6.42 Å². The third-order valence-corrected chi connectivity index (χ3v) is 2.59. The fourth-order valence-corrected chi connectivity index (χ4v) is 1.79. The van der Waals surface area contributed by atoms with E-state index in [-0.39, 0.29) is 11.5 Å². The van der Waals surface area contributed by atoms with E-state index in [1.807, 2.05) is 4.90 Å². The van der Waals surface area contributed by atoms with Gasteiger partial charge in [-0.3, -0.25) is 10.1 Å². The highest BCUT2D eigenvalue weighted by molar-refractivity contribution is 5.61. The average Bonchev–Trinajstić information content (AvgIpc) is 2.56. The summed E-state index contributed by atoms with van der Waals surface area (Å²) in [6.45, 7) is 2.51. The van der Waals surface area contributed by atoms with Crippen LogP contribution in [0.3, 0.4) is 0 Å². The van der Waals surface area contributed by atoms with Crippen LogP contribution in [0.5, 0.6) is 0 Å². The zero-order valence-corrected chi connectivity index (χ0v) is 9.33. The molecule has 2 heterocycles. The van der Waals surface area contributed by atoms with Gasteiger partial charge < -0.3 is 15.4 Å². The second-order valence-electron chi connectivity index (χ2n) is 3.79. The van der Waals surface area contributed by atoms with Crippen LogP contribution in [-0.2, 0) is 4.74 Å². The number of anilines is 2. The minimum atomic E-state index is -0.437. The first-order valence-corrected chi connectivity index (χ1v) is 5.42. The molecule has 7 nitrogen and oxygen atoms in total. The Labute approximate surface area is 98.3 Å². The van der Waals surface area contributed by atoms with Crippen LogP contribution >= 0.6 is 0 Å². The van der Waals surface area contributed by atoms with E-state index >= 15 is 0 Å². The Morgan fingerprint density at radius 3 is 3.00 bits per heavy atom. The predicted molar refractivity (Wildman–Crippen MR) is 63.0 cm³/mol. The number of ether oxygens (including phenoxy) is 1. The largest absolute Gasteiger partial charge is 0.384 e. The summed E-state index contributed by atoms with van der Waals surface area (Å²) in [4.78, 5) is 16.4. The number of hydrogen-bond donors (Lipinski definition) is 1. The van der Waals surface area contributed by atoms with Crippen LogP contribution in [0.1, 0.15) is 6.42 Å². The lowest BCUT2D eigenvalue weighted by Gasteiger charge is -2.20. The molecule has 1 fully saturated rings. The lowest BCUT2D eigenvalue weighted by molar-refractivity contribution is -0.384. The molecular weight excluding hydrogens is 224 g/mol. The SMILES string of the molecule is Nc1ccc([N+](=O)[O-])c(N2CCCOCC2)n1. The van der Waals surface area contributed by atoms with Gasteiger partial charge in [0.05, 0.1) is 11.5 Å². The van der Waals surface area contributed by atoms with E-state index in [2.05, 4.69) is 4.98 Å². The molecule has 0 aromatic carbocycles. The molecule has 7 heteroatoms. The highest BCUT2D eigenvalue weighted by Crippen LogP contribution is 2.27. The molecule has 1 aliphatic heterocycles. The van der Waals surface area contributed by atoms with Crippen molar-refractivity contribution in [3.05, 3.63) is 22.2 Å². The number of rotatable bonds is 2. The maximum atomic E-state index is 10.9. The number of hydrogen-bond acceptors (Lipinski definition) is 6. The monoisotopic (exact) mass is 238 g/mol. The number of nitrogens with zero attached hydrogens (tertiary/aromatic N) is 3. The van der Waals surface area contributed by atoms with E-state index in [0.717, 1.165) is 6.42 Å². The van der Waals surface area contributed by atoms with Gasteiger partial charge in [0.2, 0.25) is 5.82 Å². The van der Waals surface area contributed by atoms with Gasteiger partial charge in [-0.05, 0) is 12.5 Å². The Bertz CT molecular complexity index is 416. The molecule has 0 unspecified atom stereocenters. The Morgan fingerprint density at radius 2 is 2.24 bits per heavy atom. The van der Waals surface area contributed by atoms with Gasteiger partial charge >= 0.3 is 5.69 Å². The normalized spacial score (nSPS) is 16.6. The molecule has 17 heavy (non-hydrogen) atoms. The van der Waals surface area contributed by atoms with Crippen LogP contribution < -0.4 is 10.6 Å². The van der Waals surface area contributed by atoms with Crippen LogP contribution in [-0.4, -0.2) is 36.2 Å². The third kappa shape index (κ3) is 2.62. The summed E-state index contributed by atoms with van der Waals surface area (Å²) in [5, 5.41) is 10.9. The topological polar surface area (TPSA) is 94.5 Å². The van der Waals surface area contributed by atoms with Gasteiger partial charge in [0.15, 0.2) is 0 Å². The van der Waals surface area contributed by atoms with Gasteiger partial charge in [-0.1, -0.05) is 0 Å². The summed E-state index contributed by atoms with van der Waals surface area (Å²) in [5.41, 5.74) is 5.57. The minimum absolute atomic E-state index is 0.0129. The molecule has 0 atom stereocenters. The zero-order valence-electron chi connectivity index (χ0n) is 9.33. The van der Waals surface area contributed by atoms with Crippen molar-refractivity contribution in [2.24, 2.45) is 0 Å². The Kier molecular flexibility index (Phi) is 3.38. The van der Waals surface area contributed by atoms with Crippen LogP contribution in [0.25, 0.3) is 0 Å². The molecule has 0 amide bonds. The zero-order chi connectivity index (χ0) is 12.3. The van der Waals surface area contributed by atoms with Crippen molar-refractivity contribution in [3.63, 3.8) is 0 Å². The molecule has 92 valence electrons. The predicted octanol–water partition coefficient (Wildman–Crippen LogP) is 0.799. The maximum absolute atomic E-state index is 10.9. The standard InChI is InChI=1S/C10H14N4O3/c11-9-3-2-8(14(15)16)10(12-9)13-4-1-6-17-7-5-13/h2-3H,1,4-7H2,(H2,11,12). The molecule has 1 saturated heterocycles. The Morgan fingerprint density at radius 1 is 1.41 bits per heavy atom. The van der Waals surface area contributed by atoms with E-state index < -0.39 is 4.92 Å². The Balaban J connectivity index is 2.34. The highest BCUT2D eigenvalue weighted by Gasteiger charge is 2.22. The first kappa shape index (κ1) is 11.6. The van der Waals surface area contributed by atoms with E-state index in [1.54, 1.807) is 0 Å². The smallest absolute Gasteiger partial charge is 0.311 e. The first-order chi connectivity index (χ1) is 8.18. The van der Waals surface area contributed by atoms with E-state index in [9.17, 15) is 10.1 Å². The number of nitro groups is 1. The van der Waals surface area contributed by atoms with Crippen LogP contribution in [0.4, 0.5) is 17.3 Å². The summed E-state index contributed by atoms with van der Waals surface area (Å²) in [6, 6.07) is 2.83. The molecule has 0 bridgehead atoms. The van der Waals surface area contributed by atoms with E-state index in [4.69, 9.17) is 10.5 Å². The van der Waals surface area contributed by atoms with Crippen LogP contribution in [0.15, 0.2) is 12.1 Å². The van der Waals surface area contributed by atoms with Crippen molar-refractivity contribution < 1.29 is 9.66 Å². The fraction of sp³-hybridized carbons (Fsp3) is 0.500. The highest BCUT2D eigenvalue weighted by atomic mass is 16.6. The van der Waals surface area contributed by atoms with Gasteiger partial charge in [-0.2, -0.15) is 0 Å². The number of aromatic nitrogens is 1. The number of nitrogen functional groups attached to an aromatic ring is 1. The van der Waals surface area contributed by atoms with Gasteiger partial charge in [-0.15, -0.1) is 0 Å². The first-order valence-electron chi connectivity index (χ1n) is 5.42. The molecule has 0 aliphatic carbocycles. The van der Waals surface area contributed by atoms with Crippen LogP contribution in [0.2, 0.25) is 0 Å². The molecule has 1 aliphatic rings. The quantitative estimate of drug-likeness (QED) is 0.605. The lowest BCUT2D eigenvalue weighted by atomic mass is 10.3. The van der Waals surface area contributed by atoms with E-state index in [1.165, 1.54) is 12.1 Å². The molecule has 2 N–H and O–H groups in total. The molecule has 0 radical (unpaired) electrons. The lowest BCUT2D eigenvalue weighted by Crippen LogP contribution is -2.27. The fourth-order valence-electron chi connectivity index (χ4n) is 1.79. The van der Waals surface area contributed by atoms with Gasteiger partial charge in [0.25, 0.3) is 0 Å². The van der Waals surface area contributed by atoms with Crippen molar-refractivity contribution in [1.82, 2.24) is 4.98 Å². The Hall–Kier alpha value is -1.89. The summed E-state index contributed by atoms with van der Waals surface area (Å²) in [5.74, 6) is 0.622. The van der Waals surface area contributed by atoms with Crippen molar-refractivity contribution in [2.75, 3.05) is 36.9 Å². The number of pyridine rings is 1. The van der Waals surface area contributed by atoms with Crippen molar-refractivity contribution in [3.8, 4) is 0 Å². The summed E-state index contributed by atoms with van der Waals surface area (Å²) >= 11 is 0. The van der Waals surface area contributed by atoms with E-state index in [0.29, 0.717) is 32.1 Å². The van der Waals surface area contributed by atoms with Gasteiger partial charge in [0.1, 0.15) is 5.82 Å². The molecule has 1 aromatic heterocycles. The summed E-state index contributed by atoms with van der Waals surface area (Å²) < 4.78 is 5.31. The molecule has 1 aromatic rings. The molecule has 0 saturated carbocycles. The molecule has 0 spiro atoms. The van der Waals surface area contributed by atoms with Crippen molar-refractivity contribution in [1.29, 1.82) is 0 Å². The maximum Gasteiger partial charge on any atom is 0.311 e. The third-order valence-electron chi connectivity index (χ3n) is 2.59. The second-order valence-corrected chi connectivity index (χ2v) is 3.79. The number of nitrogens with two attached hydrogens (primary N) is 1. The summed E-state index contributed by atoms with van der Waals surface area (Å²) in [7, 11) is 0. The van der Waals surface area contributed by atoms with Gasteiger partial charge in [-0.25, -0.2) is 4.98 Å². The summed E-state index contributed by atoms with van der Waals surface area (Å²) in [6.07, 6.45) is 0.827.